The SMILES string of the molecule is CN(Cc1cscn1)C(=O)Nc1ccc(Br)c(C(=O)O)c1. The van der Waals surface area contributed by atoms with E-state index in [1.807, 2.05) is 5.38 Å². The lowest BCUT2D eigenvalue weighted by atomic mass is 10.2. The van der Waals surface area contributed by atoms with Crippen LogP contribution in [0, 0.1) is 0 Å². The summed E-state index contributed by atoms with van der Waals surface area (Å²) in [6, 6.07) is 4.28. The van der Waals surface area contributed by atoms with Crippen LogP contribution in [0.15, 0.2) is 33.6 Å². The van der Waals surface area contributed by atoms with Gasteiger partial charge in [-0.3, -0.25) is 0 Å². The second-order valence-electron chi connectivity index (χ2n) is 4.27. The van der Waals surface area contributed by atoms with Crippen molar-refractivity contribution in [1.82, 2.24) is 9.88 Å². The lowest BCUT2D eigenvalue weighted by Gasteiger charge is -2.17. The van der Waals surface area contributed by atoms with Gasteiger partial charge in [-0.15, -0.1) is 11.3 Å². The molecular weight excluding hydrogens is 358 g/mol. The number of carbonyl (C=O) groups is 2. The van der Waals surface area contributed by atoms with Gasteiger partial charge in [0.1, 0.15) is 0 Å². The van der Waals surface area contributed by atoms with E-state index < -0.39 is 5.97 Å². The summed E-state index contributed by atoms with van der Waals surface area (Å²) >= 11 is 4.62. The fraction of sp³-hybridized carbons (Fsp3) is 0.154. The van der Waals surface area contributed by atoms with Crippen molar-refractivity contribution in [2.45, 2.75) is 6.54 Å². The number of thiazole rings is 1. The van der Waals surface area contributed by atoms with Gasteiger partial charge < -0.3 is 15.3 Å². The quantitative estimate of drug-likeness (QED) is 0.866. The highest BCUT2D eigenvalue weighted by molar-refractivity contribution is 9.10. The van der Waals surface area contributed by atoms with Crippen molar-refractivity contribution < 1.29 is 14.7 Å². The number of nitrogens with one attached hydrogen (secondary N) is 1. The molecule has 0 saturated heterocycles. The minimum absolute atomic E-state index is 0.0926. The highest BCUT2D eigenvalue weighted by Crippen LogP contribution is 2.21. The third kappa shape index (κ3) is 4.02. The van der Waals surface area contributed by atoms with Crippen molar-refractivity contribution in [2.75, 3.05) is 12.4 Å². The molecule has 110 valence electrons. The number of nitrogens with zero attached hydrogens (tertiary/aromatic N) is 2. The number of rotatable bonds is 4. The number of hydrogen-bond acceptors (Lipinski definition) is 4. The molecule has 0 aliphatic rings. The summed E-state index contributed by atoms with van der Waals surface area (Å²) in [5.41, 5.74) is 3.02. The smallest absolute Gasteiger partial charge is 0.336 e. The minimum atomic E-state index is -1.06. The number of hydrogen-bond donors (Lipinski definition) is 2. The van der Waals surface area contributed by atoms with Crippen LogP contribution in [0.2, 0.25) is 0 Å². The summed E-state index contributed by atoms with van der Waals surface area (Å²) in [7, 11) is 1.64. The number of anilines is 1. The maximum absolute atomic E-state index is 12.0. The van der Waals surface area contributed by atoms with Gasteiger partial charge in [0.05, 0.1) is 23.3 Å². The second kappa shape index (κ2) is 6.68. The summed E-state index contributed by atoms with van der Waals surface area (Å²) in [5.74, 6) is -1.06. The number of aromatic nitrogens is 1. The van der Waals surface area contributed by atoms with Crippen molar-refractivity contribution in [3.05, 3.63) is 44.8 Å². The number of urea groups is 1. The lowest BCUT2D eigenvalue weighted by molar-refractivity contribution is 0.0696. The molecule has 1 aromatic heterocycles. The summed E-state index contributed by atoms with van der Waals surface area (Å²) in [5, 5.41) is 13.6. The van der Waals surface area contributed by atoms with Crippen LogP contribution in [0.5, 0.6) is 0 Å². The van der Waals surface area contributed by atoms with Crippen molar-refractivity contribution in [3.8, 4) is 0 Å². The predicted molar refractivity (Wildman–Crippen MR) is 83.7 cm³/mol. The molecule has 6 nitrogen and oxygen atoms in total. The molecule has 0 aliphatic carbocycles. The van der Waals surface area contributed by atoms with Crippen LogP contribution in [0.4, 0.5) is 10.5 Å². The molecule has 0 atom stereocenters. The summed E-state index contributed by atoms with van der Waals surface area (Å²) < 4.78 is 0.462. The molecule has 0 spiro atoms. The number of amides is 2. The van der Waals surface area contributed by atoms with Crippen molar-refractivity contribution in [1.29, 1.82) is 0 Å². The predicted octanol–water partition coefficient (Wildman–Crippen LogP) is 3.27. The van der Waals surface area contributed by atoms with E-state index in [4.69, 9.17) is 5.11 Å². The van der Waals surface area contributed by atoms with Crippen LogP contribution < -0.4 is 5.32 Å². The Morgan fingerprint density at radius 3 is 2.86 bits per heavy atom. The van der Waals surface area contributed by atoms with E-state index in [0.29, 0.717) is 16.7 Å². The lowest BCUT2D eigenvalue weighted by Crippen LogP contribution is -2.31. The molecule has 8 heteroatoms. The Morgan fingerprint density at radius 2 is 2.24 bits per heavy atom. The zero-order valence-corrected chi connectivity index (χ0v) is 13.4. The van der Waals surface area contributed by atoms with Gasteiger partial charge in [0.25, 0.3) is 0 Å². The van der Waals surface area contributed by atoms with Crippen molar-refractivity contribution in [3.63, 3.8) is 0 Å². The number of aromatic carboxylic acids is 1. The van der Waals surface area contributed by atoms with E-state index in [1.165, 1.54) is 22.3 Å². The Labute approximate surface area is 133 Å². The first-order valence-corrected chi connectivity index (χ1v) is 7.63. The van der Waals surface area contributed by atoms with Crippen LogP contribution in [0.3, 0.4) is 0 Å². The summed E-state index contributed by atoms with van der Waals surface area (Å²) in [6.07, 6.45) is 0. The molecular formula is C13H12BrN3O3S. The topological polar surface area (TPSA) is 82.5 Å². The van der Waals surface area contributed by atoms with Gasteiger partial charge in [-0.25, -0.2) is 14.6 Å². The Bertz CT molecular complexity index is 661. The molecule has 1 heterocycles. The fourth-order valence-electron chi connectivity index (χ4n) is 1.62. The van der Waals surface area contributed by atoms with Crippen LogP contribution in [-0.2, 0) is 6.54 Å². The Kier molecular flexibility index (Phi) is 4.92. The fourth-order valence-corrected chi connectivity index (χ4v) is 2.58. The van der Waals surface area contributed by atoms with Gasteiger partial charge in [0.2, 0.25) is 0 Å². The average molecular weight is 370 g/mol. The highest BCUT2D eigenvalue weighted by Gasteiger charge is 2.13. The largest absolute Gasteiger partial charge is 0.478 e. The summed E-state index contributed by atoms with van der Waals surface area (Å²) in [4.78, 5) is 28.7. The van der Waals surface area contributed by atoms with Crippen LogP contribution in [0.1, 0.15) is 16.1 Å². The van der Waals surface area contributed by atoms with Crippen molar-refractivity contribution >= 4 is 45.0 Å². The third-order valence-electron chi connectivity index (χ3n) is 2.68. The highest BCUT2D eigenvalue weighted by atomic mass is 79.9. The van der Waals surface area contributed by atoms with Gasteiger partial charge in [-0.05, 0) is 34.1 Å². The molecule has 0 unspecified atom stereocenters. The molecule has 0 aliphatic heterocycles. The number of carbonyl (C=O) groups excluding carboxylic acids is 1. The van der Waals surface area contributed by atoms with Gasteiger partial charge >= 0.3 is 12.0 Å². The Balaban J connectivity index is 2.05. The Hall–Kier alpha value is -1.93. The number of benzene rings is 1. The monoisotopic (exact) mass is 369 g/mol. The second-order valence-corrected chi connectivity index (χ2v) is 5.84. The van der Waals surface area contributed by atoms with E-state index in [0.717, 1.165) is 5.69 Å². The normalized spacial score (nSPS) is 10.2. The molecule has 2 aromatic rings. The molecule has 1 aromatic carbocycles. The van der Waals surface area contributed by atoms with E-state index in [1.54, 1.807) is 24.7 Å². The van der Waals surface area contributed by atoms with Gasteiger partial charge in [0, 0.05) is 22.6 Å². The number of carboxylic acid groups (broad SMARTS) is 1. The standard InChI is InChI=1S/C13H12BrN3O3S/c1-17(5-9-6-21-7-15-9)13(20)16-8-2-3-11(14)10(4-8)12(18)19/h2-4,6-7H,5H2,1H3,(H,16,20)(H,18,19). The average Bonchev–Trinajstić information content (AvgIpc) is 2.93. The molecule has 0 saturated carbocycles. The number of halogens is 1. The molecule has 2 rings (SSSR count). The van der Waals surface area contributed by atoms with Crippen LogP contribution >= 0.6 is 27.3 Å². The van der Waals surface area contributed by atoms with E-state index in [9.17, 15) is 9.59 Å². The molecule has 2 amide bonds. The molecule has 0 bridgehead atoms. The maximum Gasteiger partial charge on any atom is 0.336 e. The third-order valence-corrected chi connectivity index (χ3v) is 4.00. The Morgan fingerprint density at radius 1 is 1.48 bits per heavy atom. The van der Waals surface area contributed by atoms with Gasteiger partial charge in [-0.2, -0.15) is 0 Å². The molecule has 21 heavy (non-hydrogen) atoms. The van der Waals surface area contributed by atoms with E-state index in [2.05, 4.69) is 26.2 Å². The first kappa shape index (κ1) is 15.5. The van der Waals surface area contributed by atoms with E-state index >= 15 is 0 Å². The van der Waals surface area contributed by atoms with Crippen molar-refractivity contribution in [2.24, 2.45) is 0 Å². The first-order chi connectivity index (χ1) is 9.97. The minimum Gasteiger partial charge on any atom is -0.478 e. The summed E-state index contributed by atoms with van der Waals surface area (Å²) in [6.45, 7) is 0.387. The maximum atomic E-state index is 12.0. The van der Waals surface area contributed by atoms with Crippen LogP contribution in [0.25, 0.3) is 0 Å². The van der Waals surface area contributed by atoms with Crippen LogP contribution in [-0.4, -0.2) is 34.0 Å². The molecule has 2 N–H and O–H groups in total. The van der Waals surface area contributed by atoms with Gasteiger partial charge in [-0.1, -0.05) is 0 Å². The zero-order valence-electron chi connectivity index (χ0n) is 11.0. The molecule has 0 fully saturated rings. The van der Waals surface area contributed by atoms with E-state index in [-0.39, 0.29) is 11.6 Å². The number of carboxylic acids is 1. The zero-order chi connectivity index (χ0) is 15.4. The first-order valence-electron chi connectivity index (χ1n) is 5.89. The molecule has 0 radical (unpaired) electrons. The van der Waals surface area contributed by atoms with Gasteiger partial charge in [0.15, 0.2) is 0 Å².